The highest BCUT2D eigenvalue weighted by Crippen LogP contribution is 2.36. The van der Waals surface area contributed by atoms with Gasteiger partial charge in [-0.2, -0.15) is 5.10 Å². The van der Waals surface area contributed by atoms with Gasteiger partial charge in [0.15, 0.2) is 0 Å². The third kappa shape index (κ3) is 2.66. The van der Waals surface area contributed by atoms with E-state index in [1.165, 1.54) is 0 Å². The van der Waals surface area contributed by atoms with E-state index in [2.05, 4.69) is 24.3 Å². The van der Waals surface area contributed by atoms with Crippen LogP contribution in [0.25, 0.3) is 0 Å². The van der Waals surface area contributed by atoms with E-state index in [9.17, 15) is 4.79 Å². The minimum atomic E-state index is -0.239. The fourth-order valence-corrected chi connectivity index (χ4v) is 2.91. The number of hydrogen-bond acceptors (Lipinski definition) is 3. The van der Waals surface area contributed by atoms with Crippen molar-refractivity contribution >= 4 is 5.91 Å². The molecule has 0 saturated carbocycles. The van der Waals surface area contributed by atoms with Crippen LogP contribution in [-0.2, 0) is 18.4 Å². The fraction of sp³-hybridized carbons (Fsp3) is 0.714. The monoisotopic (exact) mass is 264 g/mol. The largest absolute Gasteiger partial charge is 0.341 e. The van der Waals surface area contributed by atoms with Gasteiger partial charge in [-0.05, 0) is 18.9 Å². The highest BCUT2D eigenvalue weighted by molar-refractivity contribution is 5.83. The maximum atomic E-state index is 12.8. The topological polar surface area (TPSA) is 50.2 Å². The number of hydrogen-bond donors (Lipinski definition) is 1. The summed E-state index contributed by atoms with van der Waals surface area (Å²) in [6, 6.07) is 0. The average molecular weight is 264 g/mol. The number of carbonyl (C=O) groups is 1. The second kappa shape index (κ2) is 5.33. The zero-order valence-electron chi connectivity index (χ0n) is 12.3. The lowest BCUT2D eigenvalue weighted by atomic mass is 9.75. The van der Waals surface area contributed by atoms with Gasteiger partial charge in [0.1, 0.15) is 0 Å². The molecule has 0 bridgehead atoms. The Balaban J connectivity index is 2.09. The number of aryl methyl sites for hydroxylation is 1. The number of carbonyl (C=O) groups excluding carboxylic acids is 1. The fourth-order valence-electron chi connectivity index (χ4n) is 2.91. The summed E-state index contributed by atoms with van der Waals surface area (Å²) in [7, 11) is 3.78. The molecule has 0 aromatic carbocycles. The lowest BCUT2D eigenvalue weighted by Gasteiger charge is -2.35. The summed E-state index contributed by atoms with van der Waals surface area (Å²) < 4.78 is 1.77. The van der Waals surface area contributed by atoms with Crippen molar-refractivity contribution in [3.8, 4) is 0 Å². The molecule has 1 atom stereocenters. The third-order valence-corrected chi connectivity index (χ3v) is 4.24. The maximum absolute atomic E-state index is 12.8. The maximum Gasteiger partial charge on any atom is 0.230 e. The molecule has 0 aliphatic carbocycles. The second-order valence-corrected chi connectivity index (χ2v) is 5.92. The first-order chi connectivity index (χ1) is 8.95. The molecule has 2 heterocycles. The first-order valence-electron chi connectivity index (χ1n) is 6.89. The summed E-state index contributed by atoms with van der Waals surface area (Å²) in [5.41, 5.74) is 0.833. The highest BCUT2D eigenvalue weighted by atomic mass is 16.2. The molecule has 1 aromatic heterocycles. The van der Waals surface area contributed by atoms with Gasteiger partial charge in [0.2, 0.25) is 5.91 Å². The minimum absolute atomic E-state index is 0.239. The Hall–Kier alpha value is -1.36. The van der Waals surface area contributed by atoms with E-state index in [4.69, 9.17) is 0 Å². The molecular weight excluding hydrogens is 240 g/mol. The molecule has 1 amide bonds. The highest BCUT2D eigenvalue weighted by Gasteiger charge is 2.45. The molecule has 5 heteroatoms. The second-order valence-electron chi connectivity index (χ2n) is 5.92. The number of nitrogens with zero attached hydrogens (tertiary/aromatic N) is 3. The molecule has 1 aliphatic heterocycles. The Morgan fingerprint density at radius 1 is 1.63 bits per heavy atom. The van der Waals surface area contributed by atoms with Gasteiger partial charge in [-0.3, -0.25) is 9.48 Å². The molecule has 1 saturated heterocycles. The van der Waals surface area contributed by atoms with Crippen molar-refractivity contribution in [2.24, 2.45) is 18.4 Å². The quantitative estimate of drug-likeness (QED) is 0.883. The van der Waals surface area contributed by atoms with Crippen LogP contribution in [-0.4, -0.2) is 40.7 Å². The van der Waals surface area contributed by atoms with Gasteiger partial charge < -0.3 is 10.2 Å². The molecule has 1 N–H and O–H groups in total. The molecule has 1 aliphatic rings. The van der Waals surface area contributed by atoms with E-state index in [1.54, 1.807) is 4.68 Å². The lowest BCUT2D eigenvalue weighted by Crippen LogP contribution is -2.46. The lowest BCUT2D eigenvalue weighted by molar-refractivity contribution is -0.142. The van der Waals surface area contributed by atoms with Crippen molar-refractivity contribution in [2.75, 3.05) is 20.1 Å². The molecule has 1 fully saturated rings. The summed E-state index contributed by atoms with van der Waals surface area (Å²) in [6.07, 6.45) is 4.71. The molecule has 106 valence electrons. The van der Waals surface area contributed by atoms with Crippen LogP contribution in [0.1, 0.15) is 25.8 Å². The zero-order chi connectivity index (χ0) is 14.0. The van der Waals surface area contributed by atoms with Crippen molar-refractivity contribution in [3.63, 3.8) is 0 Å². The van der Waals surface area contributed by atoms with Gasteiger partial charge in [-0.15, -0.1) is 0 Å². The van der Waals surface area contributed by atoms with Gasteiger partial charge in [-0.25, -0.2) is 0 Å². The summed E-state index contributed by atoms with van der Waals surface area (Å²) in [4.78, 5) is 14.6. The van der Waals surface area contributed by atoms with Crippen molar-refractivity contribution in [2.45, 2.75) is 26.8 Å². The van der Waals surface area contributed by atoms with Gasteiger partial charge in [0.05, 0.1) is 11.6 Å². The van der Waals surface area contributed by atoms with E-state index >= 15 is 0 Å². The Kier molecular flexibility index (Phi) is 3.94. The van der Waals surface area contributed by atoms with Crippen LogP contribution >= 0.6 is 0 Å². The molecular formula is C14H24N4O. The standard InChI is InChI=1S/C14H24N4O/c1-11(2)14(5-6-15-10-14)13(19)17(3)8-12-7-16-18(4)9-12/h7,9,11,15H,5-6,8,10H2,1-4H3. The van der Waals surface area contributed by atoms with E-state index in [-0.39, 0.29) is 11.3 Å². The van der Waals surface area contributed by atoms with Crippen molar-refractivity contribution in [1.82, 2.24) is 20.0 Å². The number of amides is 1. The van der Waals surface area contributed by atoms with Crippen LogP contribution in [0.5, 0.6) is 0 Å². The van der Waals surface area contributed by atoms with Gasteiger partial charge >= 0.3 is 0 Å². The molecule has 5 nitrogen and oxygen atoms in total. The van der Waals surface area contributed by atoms with Crippen molar-refractivity contribution in [1.29, 1.82) is 0 Å². The minimum Gasteiger partial charge on any atom is -0.341 e. The number of aromatic nitrogens is 2. The molecule has 2 rings (SSSR count). The smallest absolute Gasteiger partial charge is 0.230 e. The van der Waals surface area contributed by atoms with E-state index in [0.29, 0.717) is 12.5 Å². The first kappa shape index (κ1) is 14.1. The zero-order valence-corrected chi connectivity index (χ0v) is 12.3. The average Bonchev–Trinajstić information content (AvgIpc) is 2.98. The summed E-state index contributed by atoms with van der Waals surface area (Å²) in [5.74, 6) is 0.600. The predicted molar refractivity (Wildman–Crippen MR) is 74.4 cm³/mol. The summed E-state index contributed by atoms with van der Waals surface area (Å²) >= 11 is 0. The van der Waals surface area contributed by atoms with Gasteiger partial charge in [0, 0.05) is 38.9 Å². The molecule has 1 unspecified atom stereocenters. The molecule has 0 spiro atoms. The molecule has 1 aromatic rings. The SMILES string of the molecule is CC(C)C1(C(=O)N(C)Cc2cnn(C)c2)CCNC1. The van der Waals surface area contributed by atoms with E-state index in [0.717, 1.165) is 25.1 Å². The van der Waals surface area contributed by atoms with Crippen LogP contribution in [0, 0.1) is 11.3 Å². The Morgan fingerprint density at radius 3 is 2.84 bits per heavy atom. The van der Waals surface area contributed by atoms with Crippen LogP contribution in [0.3, 0.4) is 0 Å². The van der Waals surface area contributed by atoms with Crippen LogP contribution in [0.2, 0.25) is 0 Å². The van der Waals surface area contributed by atoms with E-state index in [1.807, 2.05) is 31.4 Å². The summed E-state index contributed by atoms with van der Waals surface area (Å²) in [5, 5.41) is 7.48. The van der Waals surface area contributed by atoms with Gasteiger partial charge in [0.25, 0.3) is 0 Å². The number of rotatable bonds is 4. The molecule has 0 radical (unpaired) electrons. The van der Waals surface area contributed by atoms with Crippen LogP contribution < -0.4 is 5.32 Å². The number of nitrogens with one attached hydrogen (secondary N) is 1. The molecule has 19 heavy (non-hydrogen) atoms. The Labute approximate surface area is 115 Å². The Morgan fingerprint density at radius 2 is 2.37 bits per heavy atom. The van der Waals surface area contributed by atoms with Crippen LogP contribution in [0.15, 0.2) is 12.4 Å². The Bertz CT molecular complexity index is 446. The summed E-state index contributed by atoms with van der Waals surface area (Å²) in [6.45, 7) is 6.64. The van der Waals surface area contributed by atoms with E-state index < -0.39 is 0 Å². The normalized spacial score (nSPS) is 23.0. The van der Waals surface area contributed by atoms with Gasteiger partial charge in [-0.1, -0.05) is 13.8 Å². The van der Waals surface area contributed by atoms with Crippen molar-refractivity contribution < 1.29 is 4.79 Å². The van der Waals surface area contributed by atoms with Crippen molar-refractivity contribution in [3.05, 3.63) is 18.0 Å². The first-order valence-corrected chi connectivity index (χ1v) is 6.89. The van der Waals surface area contributed by atoms with Crippen LogP contribution in [0.4, 0.5) is 0 Å². The predicted octanol–water partition coefficient (Wildman–Crippen LogP) is 1.01. The third-order valence-electron chi connectivity index (χ3n) is 4.24.